The highest BCUT2D eigenvalue weighted by molar-refractivity contribution is 5.65. The van der Waals surface area contributed by atoms with E-state index in [-0.39, 0.29) is 11.2 Å². The summed E-state index contributed by atoms with van der Waals surface area (Å²) in [4.78, 5) is 0. The van der Waals surface area contributed by atoms with Crippen molar-refractivity contribution in [3.05, 3.63) is 128 Å². The number of nitrogens with one attached hydrogen (secondary N) is 2. The van der Waals surface area contributed by atoms with Crippen molar-refractivity contribution in [1.82, 2.24) is 5.32 Å². The number of halogens is 1. The third-order valence-corrected chi connectivity index (χ3v) is 6.80. The van der Waals surface area contributed by atoms with E-state index in [0.717, 1.165) is 61.2 Å². The SMILES string of the molecule is C=C.C=C.C=C(CCC(CCC)(CCNC)c1ccc(-c2cccc(C#N)c2)cc1)Nc1ccc(C)c(F)c1. The van der Waals surface area contributed by atoms with Crippen LogP contribution >= 0.6 is 0 Å². The van der Waals surface area contributed by atoms with Crippen LogP contribution in [0.2, 0.25) is 0 Å². The van der Waals surface area contributed by atoms with Crippen LogP contribution in [0, 0.1) is 24.1 Å². The molecule has 3 rings (SSSR count). The Morgan fingerprint density at radius 1 is 0.923 bits per heavy atom. The Labute approximate surface area is 235 Å². The predicted molar refractivity (Wildman–Crippen MR) is 167 cm³/mol. The van der Waals surface area contributed by atoms with Crippen LogP contribution in [0.3, 0.4) is 0 Å². The van der Waals surface area contributed by atoms with Crippen molar-refractivity contribution in [2.45, 2.75) is 51.4 Å². The number of benzene rings is 3. The van der Waals surface area contributed by atoms with E-state index in [1.807, 2.05) is 37.4 Å². The Kier molecular flexibility index (Phi) is 14.9. The van der Waals surface area contributed by atoms with Gasteiger partial charge in [-0.3, -0.25) is 0 Å². The van der Waals surface area contributed by atoms with Crippen LogP contribution in [0.1, 0.15) is 55.7 Å². The van der Waals surface area contributed by atoms with Crippen molar-refractivity contribution in [3.8, 4) is 17.2 Å². The van der Waals surface area contributed by atoms with Crippen molar-refractivity contribution >= 4 is 5.69 Å². The Morgan fingerprint density at radius 3 is 2.21 bits per heavy atom. The van der Waals surface area contributed by atoms with Crippen LogP contribution < -0.4 is 10.6 Å². The second-order valence-corrected chi connectivity index (χ2v) is 9.35. The Bertz CT molecular complexity index is 1210. The van der Waals surface area contributed by atoms with Gasteiger partial charge in [0.15, 0.2) is 0 Å². The number of nitrogens with zero attached hydrogens (tertiary/aromatic N) is 1. The second-order valence-electron chi connectivity index (χ2n) is 9.35. The van der Waals surface area contributed by atoms with Crippen LogP contribution in [0.5, 0.6) is 0 Å². The van der Waals surface area contributed by atoms with E-state index in [4.69, 9.17) is 0 Å². The van der Waals surface area contributed by atoms with Crippen molar-refractivity contribution in [1.29, 1.82) is 5.26 Å². The first-order valence-electron chi connectivity index (χ1n) is 13.4. The molecule has 206 valence electrons. The molecule has 0 aliphatic rings. The van der Waals surface area contributed by atoms with Crippen LogP contribution in [0.15, 0.2) is 105 Å². The standard InChI is InChI=1S/C31H36FN3.2C2H4/c1-5-16-31(18-19-34-4,17-15-24(3)35-29-14-9-23(2)30(32)21-29)28-12-10-26(11-13-28)27-8-6-7-25(20-27)22-33;2*1-2/h6-14,20-21,34-35H,3,5,15-19H2,1-2,4H3;2*1-2H2. The van der Waals surface area contributed by atoms with Gasteiger partial charge in [0, 0.05) is 11.4 Å². The summed E-state index contributed by atoms with van der Waals surface area (Å²) < 4.78 is 14.0. The first-order valence-corrected chi connectivity index (χ1v) is 13.4. The average Bonchev–Trinajstić information content (AvgIpc) is 2.99. The van der Waals surface area contributed by atoms with Crippen LogP contribution in [0.4, 0.5) is 10.1 Å². The molecule has 39 heavy (non-hydrogen) atoms. The summed E-state index contributed by atoms with van der Waals surface area (Å²) in [5.41, 5.74) is 6.42. The molecule has 1 unspecified atom stereocenters. The van der Waals surface area contributed by atoms with E-state index in [9.17, 15) is 9.65 Å². The lowest BCUT2D eigenvalue weighted by Gasteiger charge is -2.35. The molecule has 0 amide bonds. The number of hydrogen-bond donors (Lipinski definition) is 2. The number of nitriles is 1. The summed E-state index contributed by atoms with van der Waals surface area (Å²) >= 11 is 0. The Hall–Kier alpha value is -3.94. The van der Waals surface area contributed by atoms with Crippen molar-refractivity contribution in [3.63, 3.8) is 0 Å². The van der Waals surface area contributed by atoms with Crippen LogP contribution in [-0.2, 0) is 5.41 Å². The normalized spacial score (nSPS) is 11.5. The van der Waals surface area contributed by atoms with Crippen molar-refractivity contribution < 1.29 is 4.39 Å². The lowest BCUT2D eigenvalue weighted by molar-refractivity contribution is 0.331. The van der Waals surface area contributed by atoms with Gasteiger partial charge in [0.2, 0.25) is 0 Å². The molecule has 3 aromatic rings. The first-order chi connectivity index (χ1) is 18.9. The molecule has 0 aliphatic carbocycles. The summed E-state index contributed by atoms with van der Waals surface area (Å²) in [6.07, 6.45) is 4.92. The van der Waals surface area contributed by atoms with Gasteiger partial charge in [-0.15, -0.1) is 26.3 Å². The molecule has 0 radical (unpaired) electrons. The highest BCUT2D eigenvalue weighted by Gasteiger charge is 2.30. The molecule has 2 N–H and O–H groups in total. The topological polar surface area (TPSA) is 47.9 Å². The zero-order valence-corrected chi connectivity index (χ0v) is 24.0. The van der Waals surface area contributed by atoms with Gasteiger partial charge in [0.1, 0.15) is 5.82 Å². The highest BCUT2D eigenvalue weighted by Crippen LogP contribution is 2.39. The average molecular weight is 526 g/mol. The van der Waals surface area contributed by atoms with Gasteiger partial charge in [-0.05, 0) is 98.1 Å². The molecule has 0 spiro atoms. The monoisotopic (exact) mass is 525 g/mol. The van der Waals surface area contributed by atoms with E-state index in [2.05, 4.69) is 80.8 Å². The van der Waals surface area contributed by atoms with E-state index >= 15 is 0 Å². The molecule has 3 nitrogen and oxygen atoms in total. The van der Waals surface area contributed by atoms with Gasteiger partial charge in [-0.25, -0.2) is 4.39 Å². The lowest BCUT2D eigenvalue weighted by Crippen LogP contribution is -2.30. The molecule has 4 heteroatoms. The first kappa shape index (κ1) is 33.1. The molecule has 0 aromatic heterocycles. The predicted octanol–water partition coefficient (Wildman–Crippen LogP) is 9.33. The van der Waals surface area contributed by atoms with E-state index in [1.165, 1.54) is 11.6 Å². The maximum Gasteiger partial charge on any atom is 0.128 e. The molecular formula is C35H44FN3. The quantitative estimate of drug-likeness (QED) is 0.232. The van der Waals surface area contributed by atoms with Crippen molar-refractivity contribution in [2.24, 2.45) is 0 Å². The molecule has 0 fully saturated rings. The van der Waals surface area contributed by atoms with Gasteiger partial charge >= 0.3 is 0 Å². The summed E-state index contributed by atoms with van der Waals surface area (Å²) in [7, 11) is 1.99. The fraction of sp³-hybridized carbons (Fsp3) is 0.286. The largest absolute Gasteiger partial charge is 0.359 e. The number of rotatable bonds is 12. The van der Waals surface area contributed by atoms with Gasteiger partial charge < -0.3 is 10.6 Å². The molecule has 0 heterocycles. The maximum absolute atomic E-state index is 14.0. The number of anilines is 1. The minimum absolute atomic E-state index is 0.00788. The van der Waals surface area contributed by atoms with Gasteiger partial charge in [-0.2, -0.15) is 5.26 Å². The lowest BCUT2D eigenvalue weighted by atomic mass is 9.70. The molecule has 0 saturated heterocycles. The Morgan fingerprint density at radius 2 is 1.62 bits per heavy atom. The van der Waals surface area contributed by atoms with Crippen molar-refractivity contribution in [2.75, 3.05) is 18.9 Å². The fourth-order valence-corrected chi connectivity index (χ4v) is 4.76. The van der Waals surface area contributed by atoms with Crippen LogP contribution in [-0.4, -0.2) is 13.6 Å². The number of hydrogen-bond acceptors (Lipinski definition) is 3. The summed E-state index contributed by atoms with van der Waals surface area (Å²) in [5.74, 6) is -0.211. The van der Waals surface area contributed by atoms with E-state index < -0.39 is 0 Å². The molecular weight excluding hydrogens is 481 g/mol. The van der Waals surface area contributed by atoms with E-state index in [1.54, 1.807) is 13.0 Å². The second kappa shape index (κ2) is 17.5. The minimum atomic E-state index is -0.211. The molecule has 0 aliphatic heterocycles. The number of aryl methyl sites for hydroxylation is 1. The van der Waals surface area contributed by atoms with Crippen LogP contribution in [0.25, 0.3) is 11.1 Å². The fourth-order valence-electron chi connectivity index (χ4n) is 4.76. The minimum Gasteiger partial charge on any atom is -0.359 e. The zero-order chi connectivity index (χ0) is 29.3. The summed E-state index contributed by atoms with van der Waals surface area (Å²) in [6.45, 7) is 21.2. The highest BCUT2D eigenvalue weighted by atomic mass is 19.1. The zero-order valence-electron chi connectivity index (χ0n) is 24.0. The third kappa shape index (κ3) is 9.71. The maximum atomic E-state index is 14.0. The van der Waals surface area contributed by atoms with Gasteiger partial charge in [0.05, 0.1) is 11.6 Å². The third-order valence-electron chi connectivity index (χ3n) is 6.80. The smallest absolute Gasteiger partial charge is 0.128 e. The van der Waals surface area contributed by atoms with Gasteiger partial charge in [0.25, 0.3) is 0 Å². The molecule has 0 bridgehead atoms. The Balaban J connectivity index is 0.00000181. The number of allylic oxidation sites excluding steroid dienone is 1. The molecule has 1 atom stereocenters. The molecule has 3 aromatic carbocycles. The summed E-state index contributed by atoms with van der Waals surface area (Å²) in [5, 5.41) is 15.9. The van der Waals surface area contributed by atoms with Gasteiger partial charge in [-0.1, -0.05) is 62.4 Å². The summed E-state index contributed by atoms with van der Waals surface area (Å²) in [6, 6.07) is 24.0. The molecule has 0 saturated carbocycles. The van der Waals surface area contributed by atoms with E-state index in [0.29, 0.717) is 11.1 Å².